The average molecular weight is 782 g/mol. The van der Waals surface area contributed by atoms with E-state index in [9.17, 15) is 35.9 Å². The summed E-state index contributed by atoms with van der Waals surface area (Å²) < 4.78 is 85.4. The number of carbonyl (C=O) groups is 2. The minimum Gasteiger partial charge on any atom is -0.447 e. The molecule has 2 aromatic heterocycles. The number of nitrogens with two attached hydrogens (primary N) is 1. The summed E-state index contributed by atoms with van der Waals surface area (Å²) in [4.78, 5) is 43.6. The molecule has 290 valence electrons. The van der Waals surface area contributed by atoms with Gasteiger partial charge in [0, 0.05) is 18.0 Å². The maximum Gasteiger partial charge on any atom is 0.411 e. The third-order valence-electron chi connectivity index (χ3n) is 7.74. The molecule has 2 aliphatic rings. The van der Waals surface area contributed by atoms with E-state index in [4.69, 9.17) is 22.1 Å². The quantitative estimate of drug-likeness (QED) is 0.163. The van der Waals surface area contributed by atoms with E-state index >= 15 is 0 Å². The molecule has 6 rings (SSSR count). The number of aromatic nitrogens is 5. The molecule has 1 aliphatic heterocycles. The fourth-order valence-electron chi connectivity index (χ4n) is 5.10. The molecule has 2 aromatic carbocycles. The predicted octanol–water partition coefficient (Wildman–Crippen LogP) is 7.86. The first kappa shape index (κ1) is 41.5. The van der Waals surface area contributed by atoms with Gasteiger partial charge < -0.3 is 15.8 Å². The smallest absolute Gasteiger partial charge is 0.411 e. The molecule has 4 aromatic rings. The predicted molar refractivity (Wildman–Crippen MR) is 187 cm³/mol. The molecule has 0 bridgehead atoms. The number of alkyl carbamates (subject to hydrolysis) is 1. The van der Waals surface area contributed by atoms with Gasteiger partial charge in [-0.25, -0.2) is 32.6 Å². The number of rotatable bonds is 9. The number of nitrogens with one attached hydrogen (secondary N) is 1. The summed E-state index contributed by atoms with van der Waals surface area (Å²) in [5.41, 5.74) is 4.70. The van der Waals surface area contributed by atoms with Crippen LogP contribution in [0.5, 0.6) is 0 Å². The molecular formula is C35H38ClF6N9O3. The lowest BCUT2D eigenvalue weighted by Gasteiger charge is -2.29. The van der Waals surface area contributed by atoms with Crippen molar-refractivity contribution < 1.29 is 40.7 Å². The second-order valence-electron chi connectivity index (χ2n) is 12.7. The maximum atomic E-state index is 13.9. The lowest BCUT2D eigenvalue weighted by atomic mass is 10.0. The molecule has 1 saturated carbocycles. The van der Waals surface area contributed by atoms with Crippen molar-refractivity contribution in [2.45, 2.75) is 83.4 Å². The molecule has 54 heavy (non-hydrogen) atoms. The van der Waals surface area contributed by atoms with Crippen LogP contribution in [-0.2, 0) is 9.53 Å². The Labute approximate surface area is 311 Å². The minimum absolute atomic E-state index is 0.0186. The average Bonchev–Trinajstić information content (AvgIpc) is 3.64. The number of guanidine groups is 1. The Balaban J connectivity index is 0.000000858. The summed E-state index contributed by atoms with van der Waals surface area (Å²) in [6.45, 7) is 7.87. The molecule has 12 nitrogen and oxygen atoms in total. The number of ether oxygens (including phenoxy) is 1. The number of carbonyl (C=O) groups excluding carboxylic acids is 2. The number of aliphatic imine (C=N–C) groups is 1. The summed E-state index contributed by atoms with van der Waals surface area (Å²) in [5.74, 6) is -1.66. The highest BCUT2D eigenvalue weighted by atomic mass is 35.5. The van der Waals surface area contributed by atoms with Crippen molar-refractivity contribution >= 4 is 29.6 Å². The lowest BCUT2D eigenvalue weighted by molar-refractivity contribution is -0.164. The molecule has 19 heteroatoms. The van der Waals surface area contributed by atoms with E-state index < -0.39 is 60.3 Å². The van der Waals surface area contributed by atoms with Crippen molar-refractivity contribution in [2.24, 2.45) is 10.7 Å². The fraction of sp³-hybridized carbons (Fsp3) is 0.400. The third kappa shape index (κ3) is 9.83. The molecule has 0 saturated heterocycles. The van der Waals surface area contributed by atoms with Crippen molar-refractivity contribution in [3.8, 4) is 16.9 Å². The molecule has 2 amide bonds. The molecule has 1 aliphatic carbocycles. The summed E-state index contributed by atoms with van der Waals surface area (Å²) in [6.07, 6.45) is -4.21. The molecule has 3 heterocycles. The van der Waals surface area contributed by atoms with Gasteiger partial charge in [-0.3, -0.25) is 19.7 Å². The third-order valence-corrected chi connectivity index (χ3v) is 8.05. The van der Waals surface area contributed by atoms with Gasteiger partial charge >= 0.3 is 12.3 Å². The Kier molecular flexibility index (Phi) is 12.9. The molecule has 2 atom stereocenters. The fourth-order valence-corrected chi connectivity index (χ4v) is 5.30. The summed E-state index contributed by atoms with van der Waals surface area (Å²) >= 11 is 6.32. The van der Waals surface area contributed by atoms with Crippen LogP contribution >= 0.6 is 11.6 Å². The van der Waals surface area contributed by atoms with Crippen molar-refractivity contribution in [1.82, 2.24) is 34.9 Å². The molecule has 2 unspecified atom stereocenters. The second-order valence-corrected chi connectivity index (χ2v) is 13.1. The Bertz CT molecular complexity index is 1930. The van der Waals surface area contributed by atoms with Gasteiger partial charge in [-0.05, 0) is 56.9 Å². The van der Waals surface area contributed by atoms with Crippen molar-refractivity contribution in [3.63, 3.8) is 0 Å². The Morgan fingerprint density at radius 2 is 1.70 bits per heavy atom. The van der Waals surface area contributed by atoms with Crippen LogP contribution in [0.3, 0.4) is 0 Å². The van der Waals surface area contributed by atoms with E-state index in [1.807, 2.05) is 19.2 Å². The number of hydrogen-bond acceptors (Lipinski definition) is 9. The van der Waals surface area contributed by atoms with Crippen molar-refractivity contribution in [1.29, 1.82) is 0 Å². The van der Waals surface area contributed by atoms with Gasteiger partial charge in [-0.15, -0.1) is 0 Å². The van der Waals surface area contributed by atoms with E-state index in [2.05, 4.69) is 25.0 Å². The van der Waals surface area contributed by atoms with Gasteiger partial charge in [0.25, 0.3) is 12.3 Å². The van der Waals surface area contributed by atoms with Crippen LogP contribution in [-0.4, -0.2) is 71.6 Å². The van der Waals surface area contributed by atoms with Gasteiger partial charge in [0.15, 0.2) is 17.8 Å². The lowest BCUT2D eigenvalue weighted by Crippen LogP contribution is -2.49. The summed E-state index contributed by atoms with van der Waals surface area (Å²) in [6, 6.07) is 8.36. The monoisotopic (exact) mass is 781 g/mol. The van der Waals surface area contributed by atoms with E-state index in [0.717, 1.165) is 21.5 Å². The zero-order valence-corrected chi connectivity index (χ0v) is 30.5. The number of amides is 2. The van der Waals surface area contributed by atoms with E-state index in [1.165, 1.54) is 51.4 Å². The molecule has 1 fully saturated rings. The topological polar surface area (TPSA) is 154 Å². The zero-order chi connectivity index (χ0) is 40.0. The van der Waals surface area contributed by atoms with E-state index in [-0.39, 0.29) is 35.1 Å². The number of alkyl halides is 6. The van der Waals surface area contributed by atoms with Gasteiger partial charge in [-0.1, -0.05) is 55.8 Å². The Morgan fingerprint density at radius 1 is 1.06 bits per heavy atom. The number of hydrogen-bond donors (Lipinski definition) is 2. The van der Waals surface area contributed by atoms with E-state index in [1.54, 1.807) is 30.5 Å². The van der Waals surface area contributed by atoms with Crippen LogP contribution < -0.4 is 11.1 Å². The van der Waals surface area contributed by atoms with Gasteiger partial charge in [-0.2, -0.15) is 18.3 Å². The maximum absolute atomic E-state index is 13.9. The zero-order valence-electron chi connectivity index (χ0n) is 29.8. The highest BCUT2D eigenvalue weighted by Gasteiger charge is 2.64. The van der Waals surface area contributed by atoms with Crippen LogP contribution in [0.15, 0.2) is 72.4 Å². The SMILES string of the molecule is CC.CC(C)(C)F.NC1=NC(c2ccc(-c3cnccn3)cc2)C(=O)N1C(COC(=O)NC1(C(F)(F)F)CC1)c1ccc(Cl)c(-n2ncnc2C(F)F)c1. The number of nitrogens with zero attached hydrogens (tertiary/aromatic N) is 7. The normalized spacial score (nSPS) is 16.8. The van der Waals surface area contributed by atoms with Crippen molar-refractivity contribution in [2.75, 3.05) is 6.61 Å². The van der Waals surface area contributed by atoms with Gasteiger partial charge in [0.1, 0.15) is 24.1 Å². The highest BCUT2D eigenvalue weighted by molar-refractivity contribution is 6.32. The van der Waals surface area contributed by atoms with Crippen LogP contribution in [0.4, 0.5) is 31.1 Å². The van der Waals surface area contributed by atoms with Crippen LogP contribution in [0.2, 0.25) is 5.02 Å². The standard InChI is InChI=1S/C29H23ClF5N9O3.C4H9F.C2H6/c30-18-6-5-17(11-20(18)44-24(23(31)32)39-14-40-44)21(13-47-27(46)42-28(7-8-28)29(33,34)35)43-25(45)22(41-26(43)36)16-3-1-15(2-4-16)19-12-37-9-10-38-19;1-4(2,3)5;1-2/h1-6,9-12,14,21-23H,7-8,13H2,(H2,36,41)(H,42,46);1-3H3;1-2H3. The van der Waals surface area contributed by atoms with Gasteiger partial charge in [0.2, 0.25) is 0 Å². The second kappa shape index (κ2) is 16.8. The number of benzene rings is 2. The molecular weight excluding hydrogens is 744 g/mol. The van der Waals surface area contributed by atoms with Crippen molar-refractivity contribution in [3.05, 3.63) is 89.4 Å². The minimum atomic E-state index is -4.70. The molecule has 0 spiro atoms. The first-order valence-corrected chi connectivity index (χ1v) is 17.0. The summed E-state index contributed by atoms with van der Waals surface area (Å²) in [7, 11) is 0. The number of halogens is 7. The molecule has 0 radical (unpaired) electrons. The Morgan fingerprint density at radius 3 is 2.26 bits per heavy atom. The van der Waals surface area contributed by atoms with E-state index in [0.29, 0.717) is 11.3 Å². The first-order valence-electron chi connectivity index (χ1n) is 16.6. The van der Waals surface area contributed by atoms with Crippen LogP contribution in [0.1, 0.15) is 82.9 Å². The summed E-state index contributed by atoms with van der Waals surface area (Å²) in [5, 5.41) is 5.66. The van der Waals surface area contributed by atoms with Gasteiger partial charge in [0.05, 0.1) is 28.6 Å². The van der Waals surface area contributed by atoms with Crippen LogP contribution in [0, 0.1) is 0 Å². The highest BCUT2D eigenvalue weighted by Crippen LogP contribution is 2.49. The largest absolute Gasteiger partial charge is 0.447 e. The first-order chi connectivity index (χ1) is 25.4. The Hall–Kier alpha value is -5.26. The van der Waals surface area contributed by atoms with Crippen LogP contribution in [0.25, 0.3) is 16.9 Å². The molecule has 3 N–H and O–H groups in total.